The topological polar surface area (TPSA) is 56.7 Å². The summed E-state index contributed by atoms with van der Waals surface area (Å²) in [7, 11) is 0. The van der Waals surface area contributed by atoms with Gasteiger partial charge in [-0.3, -0.25) is 4.79 Å². The molecule has 5 nitrogen and oxygen atoms in total. The lowest BCUT2D eigenvalue weighted by atomic mass is 9.93. The highest BCUT2D eigenvalue weighted by Crippen LogP contribution is 2.30. The Morgan fingerprint density at radius 2 is 2.04 bits per heavy atom. The first kappa shape index (κ1) is 17.5. The summed E-state index contributed by atoms with van der Waals surface area (Å²) in [5, 5.41) is 10.4. The first-order valence-corrected chi connectivity index (χ1v) is 9.32. The van der Waals surface area contributed by atoms with Crippen LogP contribution in [-0.2, 0) is 0 Å². The summed E-state index contributed by atoms with van der Waals surface area (Å²) < 4.78 is 0. The van der Waals surface area contributed by atoms with Crippen LogP contribution in [0.2, 0.25) is 5.02 Å². The number of halogens is 1. The highest BCUT2D eigenvalue weighted by molar-refractivity contribution is 6.33. The van der Waals surface area contributed by atoms with E-state index in [-0.39, 0.29) is 17.9 Å². The first-order chi connectivity index (χ1) is 11.6. The van der Waals surface area contributed by atoms with Crippen LogP contribution in [-0.4, -0.2) is 53.2 Å². The number of aliphatic hydroxyl groups excluding tert-OH is 1. The number of piperidine rings is 2. The zero-order valence-electron chi connectivity index (χ0n) is 14.2. The third kappa shape index (κ3) is 3.83. The number of amides is 1. The fourth-order valence-corrected chi connectivity index (χ4v) is 3.94. The summed E-state index contributed by atoms with van der Waals surface area (Å²) in [5.74, 6) is 0.986. The van der Waals surface area contributed by atoms with E-state index in [0.29, 0.717) is 10.6 Å². The van der Waals surface area contributed by atoms with E-state index >= 15 is 0 Å². The van der Waals surface area contributed by atoms with Crippen molar-refractivity contribution >= 4 is 23.3 Å². The van der Waals surface area contributed by atoms with Gasteiger partial charge in [0, 0.05) is 38.3 Å². The van der Waals surface area contributed by atoms with Crippen molar-refractivity contribution in [2.24, 2.45) is 5.92 Å². The number of aliphatic hydroxyl groups is 1. The number of hydrogen-bond acceptors (Lipinski definition) is 4. The fraction of sp³-hybridized carbons (Fsp3) is 0.667. The molecule has 1 aromatic rings. The lowest BCUT2D eigenvalue weighted by Crippen LogP contribution is -2.40. The highest BCUT2D eigenvalue weighted by atomic mass is 35.5. The molecule has 3 rings (SSSR count). The Labute approximate surface area is 148 Å². The maximum absolute atomic E-state index is 12.6. The smallest absolute Gasteiger partial charge is 0.255 e. The second-order valence-electron chi connectivity index (χ2n) is 6.97. The molecule has 0 bridgehead atoms. The Bertz CT molecular complexity index is 588. The van der Waals surface area contributed by atoms with Crippen LogP contribution in [0.5, 0.6) is 0 Å². The molecule has 0 aromatic carbocycles. The summed E-state index contributed by atoms with van der Waals surface area (Å²) in [6.07, 6.45) is 6.69. The Morgan fingerprint density at radius 1 is 1.29 bits per heavy atom. The summed E-state index contributed by atoms with van der Waals surface area (Å²) in [5.41, 5.74) is 0.565. The molecule has 2 aliphatic rings. The average molecular weight is 352 g/mol. The molecule has 0 spiro atoms. The summed E-state index contributed by atoms with van der Waals surface area (Å²) >= 11 is 6.44. The van der Waals surface area contributed by atoms with Crippen molar-refractivity contribution in [3.63, 3.8) is 0 Å². The molecule has 24 heavy (non-hydrogen) atoms. The Morgan fingerprint density at radius 3 is 2.71 bits per heavy atom. The average Bonchev–Trinajstić information content (AvgIpc) is 2.62. The summed E-state index contributed by atoms with van der Waals surface area (Å²) in [6.45, 7) is 5.11. The number of aromatic nitrogens is 1. The lowest BCUT2D eigenvalue weighted by Gasteiger charge is -2.35. The largest absolute Gasteiger partial charge is 0.393 e. The second kappa shape index (κ2) is 7.70. The molecule has 2 saturated heterocycles. The number of rotatable bonds is 3. The van der Waals surface area contributed by atoms with Crippen molar-refractivity contribution in [2.75, 3.05) is 31.1 Å². The minimum Gasteiger partial charge on any atom is -0.393 e. The monoisotopic (exact) mass is 351 g/mol. The van der Waals surface area contributed by atoms with Gasteiger partial charge >= 0.3 is 0 Å². The van der Waals surface area contributed by atoms with Gasteiger partial charge in [-0.2, -0.15) is 0 Å². The maximum Gasteiger partial charge on any atom is 0.255 e. The van der Waals surface area contributed by atoms with E-state index in [1.807, 2.05) is 11.8 Å². The minimum atomic E-state index is -0.327. The maximum atomic E-state index is 12.6. The third-order valence-corrected chi connectivity index (χ3v) is 5.43. The summed E-state index contributed by atoms with van der Waals surface area (Å²) in [4.78, 5) is 21.1. The molecule has 1 aromatic heterocycles. The van der Waals surface area contributed by atoms with E-state index in [0.717, 1.165) is 57.7 Å². The van der Waals surface area contributed by atoms with Gasteiger partial charge in [0.15, 0.2) is 0 Å². The first-order valence-electron chi connectivity index (χ1n) is 8.94. The molecule has 2 fully saturated rings. The molecule has 3 heterocycles. The number of likely N-dealkylation sites (tertiary alicyclic amines) is 1. The van der Waals surface area contributed by atoms with Crippen LogP contribution in [0.25, 0.3) is 0 Å². The van der Waals surface area contributed by atoms with Crippen molar-refractivity contribution in [1.29, 1.82) is 0 Å². The molecule has 1 amide bonds. The van der Waals surface area contributed by atoms with Gasteiger partial charge in [-0.25, -0.2) is 4.98 Å². The molecule has 132 valence electrons. The number of pyridine rings is 1. The Balaban J connectivity index is 1.73. The minimum absolute atomic E-state index is 0.0242. The highest BCUT2D eigenvalue weighted by Gasteiger charge is 2.26. The Kier molecular flexibility index (Phi) is 5.61. The van der Waals surface area contributed by atoms with E-state index in [9.17, 15) is 9.90 Å². The molecular formula is C18H26ClN3O2. The van der Waals surface area contributed by atoms with Gasteiger partial charge in [0.1, 0.15) is 5.82 Å². The second-order valence-corrected chi connectivity index (χ2v) is 7.38. The van der Waals surface area contributed by atoms with Crippen LogP contribution in [0.4, 0.5) is 5.82 Å². The quantitative estimate of drug-likeness (QED) is 0.909. The number of hydrogen-bond donors (Lipinski definition) is 1. The van der Waals surface area contributed by atoms with E-state index in [4.69, 9.17) is 11.6 Å². The van der Waals surface area contributed by atoms with E-state index in [2.05, 4.69) is 9.88 Å². The zero-order valence-corrected chi connectivity index (χ0v) is 15.0. The predicted molar refractivity (Wildman–Crippen MR) is 95.6 cm³/mol. The van der Waals surface area contributed by atoms with Gasteiger partial charge in [0.25, 0.3) is 5.91 Å². The zero-order chi connectivity index (χ0) is 17.1. The molecule has 6 heteroatoms. The molecule has 2 unspecified atom stereocenters. The van der Waals surface area contributed by atoms with Gasteiger partial charge in [-0.05, 0) is 45.1 Å². The summed E-state index contributed by atoms with van der Waals surface area (Å²) in [6, 6.07) is 1.74. The van der Waals surface area contributed by atoms with Crippen LogP contribution in [0.15, 0.2) is 12.3 Å². The van der Waals surface area contributed by atoms with Gasteiger partial charge in [0.2, 0.25) is 0 Å². The molecule has 1 N–H and O–H groups in total. The fourth-order valence-electron chi connectivity index (χ4n) is 3.66. The molecule has 0 aliphatic carbocycles. The molecule has 0 radical (unpaired) electrons. The molecule has 2 atom stereocenters. The standard InChI is InChI=1S/C18H26ClN3O2/c1-13(23)14-6-5-9-22(12-14)17-16(19)10-15(11-20-17)18(24)21-7-3-2-4-8-21/h10-11,13-14,23H,2-9,12H2,1H3. The number of carbonyl (C=O) groups is 1. The van der Waals surface area contributed by atoms with Crippen molar-refractivity contribution < 1.29 is 9.90 Å². The van der Waals surface area contributed by atoms with Gasteiger partial charge < -0.3 is 14.9 Å². The number of nitrogens with zero attached hydrogens (tertiary/aromatic N) is 3. The number of anilines is 1. The number of carbonyl (C=O) groups excluding carboxylic acids is 1. The van der Waals surface area contributed by atoms with Crippen molar-refractivity contribution in [1.82, 2.24) is 9.88 Å². The van der Waals surface area contributed by atoms with Gasteiger partial charge in [-0.1, -0.05) is 11.6 Å². The molecule has 2 aliphatic heterocycles. The van der Waals surface area contributed by atoms with Crippen LogP contribution < -0.4 is 4.90 Å². The Hall–Kier alpha value is -1.33. The van der Waals surface area contributed by atoms with Crippen LogP contribution in [0.3, 0.4) is 0 Å². The van der Waals surface area contributed by atoms with Crippen LogP contribution >= 0.6 is 11.6 Å². The normalized spacial score (nSPS) is 23.2. The van der Waals surface area contributed by atoms with Crippen LogP contribution in [0.1, 0.15) is 49.4 Å². The van der Waals surface area contributed by atoms with Crippen LogP contribution in [0, 0.1) is 5.92 Å². The van der Waals surface area contributed by atoms with E-state index < -0.39 is 0 Å². The predicted octanol–water partition coefficient (Wildman–Crippen LogP) is 2.96. The van der Waals surface area contributed by atoms with Gasteiger partial charge in [0.05, 0.1) is 16.7 Å². The van der Waals surface area contributed by atoms with E-state index in [1.165, 1.54) is 6.42 Å². The van der Waals surface area contributed by atoms with Crippen molar-refractivity contribution in [3.05, 3.63) is 22.8 Å². The molecular weight excluding hydrogens is 326 g/mol. The third-order valence-electron chi connectivity index (χ3n) is 5.15. The van der Waals surface area contributed by atoms with Gasteiger partial charge in [-0.15, -0.1) is 0 Å². The van der Waals surface area contributed by atoms with Crippen molar-refractivity contribution in [2.45, 2.75) is 45.1 Å². The van der Waals surface area contributed by atoms with Crippen molar-refractivity contribution in [3.8, 4) is 0 Å². The SMILES string of the molecule is CC(O)C1CCCN(c2ncc(C(=O)N3CCCCC3)cc2Cl)C1. The van der Waals surface area contributed by atoms with E-state index in [1.54, 1.807) is 12.3 Å². The molecule has 0 saturated carbocycles. The lowest BCUT2D eigenvalue weighted by molar-refractivity contribution is 0.0724.